The average Bonchev–Trinajstić information content (AvgIpc) is 3.19. The highest BCUT2D eigenvalue weighted by Gasteiger charge is 2.49. The number of amides is 1. The number of rotatable bonds is 4. The molecular formula is C29H36FN3O4S. The van der Waals surface area contributed by atoms with Crippen LogP contribution in [-0.2, 0) is 26.7 Å². The fourth-order valence-corrected chi connectivity index (χ4v) is 9.06. The number of ether oxygens (including phenoxy) is 1. The van der Waals surface area contributed by atoms with Crippen LogP contribution >= 0.6 is 0 Å². The maximum absolute atomic E-state index is 14.6. The van der Waals surface area contributed by atoms with Crippen LogP contribution in [0.15, 0.2) is 53.4 Å². The van der Waals surface area contributed by atoms with E-state index in [-0.39, 0.29) is 35.0 Å². The molecule has 0 radical (unpaired) electrons. The van der Waals surface area contributed by atoms with Crippen LogP contribution in [0.5, 0.6) is 0 Å². The van der Waals surface area contributed by atoms with Gasteiger partial charge in [-0.3, -0.25) is 0 Å². The number of carbonyl (C=O) groups is 1. The zero-order valence-electron chi connectivity index (χ0n) is 21.9. The number of piperidine rings is 2. The summed E-state index contributed by atoms with van der Waals surface area (Å²) < 4.78 is 48.6. The zero-order valence-corrected chi connectivity index (χ0v) is 22.7. The fourth-order valence-electron chi connectivity index (χ4n) is 7.49. The Hall–Kier alpha value is -2.49. The molecular weight excluding hydrogens is 505 g/mol. The molecule has 2 aromatic rings. The second kappa shape index (κ2) is 9.92. The highest BCUT2D eigenvalue weighted by atomic mass is 32.2. The van der Waals surface area contributed by atoms with Crippen LogP contribution < -0.4 is 0 Å². The molecule has 2 bridgehead atoms. The first-order valence-corrected chi connectivity index (χ1v) is 15.3. The third kappa shape index (κ3) is 4.32. The van der Waals surface area contributed by atoms with Crippen molar-refractivity contribution < 1.29 is 22.3 Å². The van der Waals surface area contributed by atoms with Crippen molar-refractivity contribution in [2.24, 2.45) is 0 Å². The molecule has 0 N–H and O–H groups in total. The molecule has 4 aliphatic heterocycles. The standard InChI is InChI=1S/C29H36FN3O4S/c1-2-37-28(34)33-22-11-12-23(33)18-24(17-22)31-15-13-29(14-16-31)20-32(19-21-7-3-4-8-25(21)29)38(35,36)27-10-6-5-9-26(27)30/h3-10,22-24H,2,11-20H2,1H3. The minimum atomic E-state index is -3.97. The van der Waals surface area contributed by atoms with Crippen LogP contribution in [0.4, 0.5) is 9.18 Å². The number of carbonyl (C=O) groups excluding carboxylic acids is 1. The molecule has 38 heavy (non-hydrogen) atoms. The molecule has 3 fully saturated rings. The quantitative estimate of drug-likeness (QED) is 0.570. The summed E-state index contributed by atoms with van der Waals surface area (Å²) in [5, 5.41) is 0. The van der Waals surface area contributed by atoms with Crippen LogP contribution in [0.2, 0.25) is 0 Å². The summed E-state index contributed by atoms with van der Waals surface area (Å²) in [5.41, 5.74) is 1.94. The predicted molar refractivity (Wildman–Crippen MR) is 142 cm³/mol. The van der Waals surface area contributed by atoms with E-state index in [0.717, 1.165) is 57.2 Å². The summed E-state index contributed by atoms with van der Waals surface area (Å²) >= 11 is 0. The van der Waals surface area contributed by atoms with Crippen molar-refractivity contribution in [2.45, 2.75) is 80.4 Å². The van der Waals surface area contributed by atoms with Gasteiger partial charge in [0.1, 0.15) is 10.7 Å². The highest BCUT2D eigenvalue weighted by Crippen LogP contribution is 2.45. The normalized spacial score (nSPS) is 27.3. The third-order valence-electron chi connectivity index (χ3n) is 9.33. The van der Waals surface area contributed by atoms with Gasteiger partial charge in [0, 0.05) is 36.6 Å². The van der Waals surface area contributed by atoms with Crippen LogP contribution in [0.1, 0.15) is 56.6 Å². The summed E-state index contributed by atoms with van der Waals surface area (Å²) in [6, 6.07) is 14.7. The van der Waals surface area contributed by atoms with Gasteiger partial charge in [-0.05, 0) is 81.8 Å². The number of benzene rings is 2. The summed E-state index contributed by atoms with van der Waals surface area (Å²) in [7, 11) is -3.97. The molecule has 6 rings (SSSR count). The Bertz CT molecular complexity index is 1300. The number of hydrogen-bond donors (Lipinski definition) is 0. The van der Waals surface area contributed by atoms with Crippen LogP contribution in [0.25, 0.3) is 0 Å². The number of fused-ring (bicyclic) bond motifs is 4. The van der Waals surface area contributed by atoms with Gasteiger partial charge >= 0.3 is 6.09 Å². The zero-order chi connectivity index (χ0) is 26.5. The Labute approximate surface area is 224 Å². The lowest BCUT2D eigenvalue weighted by Crippen LogP contribution is -2.57. The monoisotopic (exact) mass is 541 g/mol. The topological polar surface area (TPSA) is 70.2 Å². The maximum atomic E-state index is 14.6. The molecule has 1 spiro atoms. The van der Waals surface area contributed by atoms with Crippen molar-refractivity contribution in [3.63, 3.8) is 0 Å². The predicted octanol–water partition coefficient (Wildman–Crippen LogP) is 4.52. The molecule has 4 heterocycles. The Balaban J connectivity index is 1.21. The van der Waals surface area contributed by atoms with Gasteiger partial charge < -0.3 is 14.5 Å². The molecule has 0 saturated carbocycles. The van der Waals surface area contributed by atoms with Crippen LogP contribution in [0.3, 0.4) is 0 Å². The van der Waals surface area contributed by atoms with Gasteiger partial charge in [0.25, 0.3) is 0 Å². The van der Waals surface area contributed by atoms with E-state index in [0.29, 0.717) is 19.2 Å². The number of hydrogen-bond acceptors (Lipinski definition) is 5. The van der Waals surface area contributed by atoms with E-state index in [9.17, 15) is 17.6 Å². The van der Waals surface area contributed by atoms with E-state index in [4.69, 9.17) is 4.74 Å². The van der Waals surface area contributed by atoms with Crippen molar-refractivity contribution in [1.82, 2.24) is 14.1 Å². The lowest BCUT2D eigenvalue weighted by molar-refractivity contribution is 0.0237. The lowest BCUT2D eigenvalue weighted by Gasteiger charge is -2.51. The van der Waals surface area contributed by atoms with Gasteiger partial charge in [-0.2, -0.15) is 4.31 Å². The molecule has 0 aromatic heterocycles. The van der Waals surface area contributed by atoms with E-state index < -0.39 is 15.8 Å². The van der Waals surface area contributed by atoms with E-state index in [1.165, 1.54) is 28.1 Å². The Morgan fingerprint density at radius 3 is 2.34 bits per heavy atom. The molecule has 0 aliphatic carbocycles. The maximum Gasteiger partial charge on any atom is 0.410 e. The molecule has 2 unspecified atom stereocenters. The average molecular weight is 542 g/mol. The summed E-state index contributed by atoms with van der Waals surface area (Å²) in [5.74, 6) is -0.709. The number of nitrogens with zero attached hydrogens (tertiary/aromatic N) is 3. The first-order valence-electron chi connectivity index (χ1n) is 13.8. The van der Waals surface area contributed by atoms with Crippen molar-refractivity contribution in [3.8, 4) is 0 Å². The number of halogens is 1. The molecule has 7 nitrogen and oxygen atoms in total. The molecule has 204 valence electrons. The largest absolute Gasteiger partial charge is 0.450 e. The fraction of sp³-hybridized carbons (Fsp3) is 0.552. The van der Waals surface area contributed by atoms with Gasteiger partial charge in [-0.15, -0.1) is 0 Å². The van der Waals surface area contributed by atoms with Crippen molar-refractivity contribution >= 4 is 16.1 Å². The second-order valence-electron chi connectivity index (χ2n) is 11.3. The van der Waals surface area contributed by atoms with E-state index in [1.54, 1.807) is 6.07 Å². The van der Waals surface area contributed by atoms with Gasteiger partial charge in [0.05, 0.1) is 6.61 Å². The van der Waals surface area contributed by atoms with Gasteiger partial charge in [-0.1, -0.05) is 36.4 Å². The van der Waals surface area contributed by atoms with Crippen LogP contribution in [-0.4, -0.2) is 73.0 Å². The van der Waals surface area contributed by atoms with Crippen molar-refractivity contribution in [3.05, 3.63) is 65.5 Å². The Morgan fingerprint density at radius 2 is 1.66 bits per heavy atom. The second-order valence-corrected chi connectivity index (χ2v) is 13.2. The minimum Gasteiger partial charge on any atom is -0.450 e. The highest BCUT2D eigenvalue weighted by molar-refractivity contribution is 7.89. The summed E-state index contributed by atoms with van der Waals surface area (Å²) in [4.78, 5) is 16.8. The smallest absolute Gasteiger partial charge is 0.410 e. The Morgan fingerprint density at radius 1 is 1.00 bits per heavy atom. The van der Waals surface area contributed by atoms with Crippen molar-refractivity contribution in [2.75, 3.05) is 26.2 Å². The first-order chi connectivity index (χ1) is 18.3. The van der Waals surface area contributed by atoms with Gasteiger partial charge in [-0.25, -0.2) is 17.6 Å². The van der Waals surface area contributed by atoms with E-state index in [1.807, 2.05) is 30.0 Å². The van der Waals surface area contributed by atoms with Gasteiger partial charge in [0.15, 0.2) is 0 Å². The van der Waals surface area contributed by atoms with Crippen molar-refractivity contribution in [1.29, 1.82) is 0 Å². The number of sulfonamides is 1. The minimum absolute atomic E-state index is 0.175. The SMILES string of the molecule is CCOC(=O)N1C2CCC1CC(N1CCC3(CC1)CN(S(=O)(=O)c1ccccc1F)Cc1ccccc13)C2. The first kappa shape index (κ1) is 25.8. The van der Waals surface area contributed by atoms with E-state index in [2.05, 4.69) is 11.0 Å². The molecule has 2 aromatic carbocycles. The van der Waals surface area contributed by atoms with Gasteiger partial charge in [0.2, 0.25) is 10.0 Å². The molecule has 2 atom stereocenters. The third-order valence-corrected chi connectivity index (χ3v) is 11.2. The van der Waals surface area contributed by atoms with Crippen LogP contribution in [0, 0.1) is 5.82 Å². The molecule has 1 amide bonds. The lowest BCUT2D eigenvalue weighted by atomic mass is 9.69. The summed E-state index contributed by atoms with van der Waals surface area (Å²) in [6.07, 6.45) is 5.52. The molecule has 3 saturated heterocycles. The Kier molecular flexibility index (Phi) is 6.73. The number of likely N-dealkylation sites (tertiary alicyclic amines) is 1. The van der Waals surface area contributed by atoms with E-state index >= 15 is 0 Å². The molecule has 4 aliphatic rings. The summed E-state index contributed by atoms with van der Waals surface area (Å²) in [6.45, 7) is 4.63. The molecule has 9 heteroatoms.